The first-order valence-electron chi connectivity index (χ1n) is 6.77. The molecule has 0 saturated carbocycles. The van der Waals surface area contributed by atoms with Crippen LogP contribution < -0.4 is 0 Å². The van der Waals surface area contributed by atoms with E-state index in [-0.39, 0.29) is 0 Å². The van der Waals surface area contributed by atoms with Crippen molar-refractivity contribution in [1.29, 1.82) is 0 Å². The van der Waals surface area contributed by atoms with Gasteiger partial charge in [0.05, 0.1) is 5.56 Å². The van der Waals surface area contributed by atoms with Crippen LogP contribution in [0.25, 0.3) is 0 Å². The molecule has 1 aromatic rings. The molecular weight excluding hydrogens is 240 g/mol. The highest BCUT2D eigenvalue weighted by atomic mass is 16.4. The Morgan fingerprint density at radius 1 is 1.37 bits per heavy atom. The predicted molar refractivity (Wildman–Crippen MR) is 75.4 cm³/mol. The third kappa shape index (κ3) is 3.78. The maximum atomic E-state index is 10.8. The Kier molecular flexibility index (Phi) is 4.56. The lowest BCUT2D eigenvalue weighted by Crippen LogP contribution is -2.37. The fourth-order valence-electron chi connectivity index (χ4n) is 2.72. The van der Waals surface area contributed by atoms with Crippen LogP contribution in [-0.2, 0) is 6.54 Å². The molecule has 1 unspecified atom stereocenters. The standard InChI is InChI=1S/C15H22N2O2/c1-16(2)11-14-4-3-9-17(14)10-12-5-7-13(8-6-12)15(18)19/h5-8,14H,3-4,9-11H2,1-2H3,(H,18,19). The van der Waals surface area contributed by atoms with Gasteiger partial charge in [0, 0.05) is 19.1 Å². The molecule has 1 N–H and O–H groups in total. The van der Waals surface area contributed by atoms with Crippen molar-refractivity contribution in [3.8, 4) is 0 Å². The van der Waals surface area contributed by atoms with Gasteiger partial charge in [-0.05, 0) is 51.2 Å². The summed E-state index contributed by atoms with van der Waals surface area (Å²) < 4.78 is 0. The van der Waals surface area contributed by atoms with E-state index >= 15 is 0 Å². The van der Waals surface area contributed by atoms with E-state index in [1.165, 1.54) is 18.4 Å². The molecule has 2 rings (SSSR count). The van der Waals surface area contributed by atoms with Crippen LogP contribution in [0, 0.1) is 0 Å². The average molecular weight is 262 g/mol. The third-order valence-corrected chi connectivity index (χ3v) is 3.66. The Labute approximate surface area is 114 Å². The summed E-state index contributed by atoms with van der Waals surface area (Å²) in [6, 6.07) is 7.85. The molecule has 0 aliphatic carbocycles. The molecule has 1 aliphatic rings. The van der Waals surface area contributed by atoms with Crippen LogP contribution in [0.5, 0.6) is 0 Å². The third-order valence-electron chi connectivity index (χ3n) is 3.66. The van der Waals surface area contributed by atoms with E-state index in [1.54, 1.807) is 12.1 Å². The number of hydrogen-bond donors (Lipinski definition) is 1. The van der Waals surface area contributed by atoms with E-state index < -0.39 is 5.97 Å². The average Bonchev–Trinajstić information content (AvgIpc) is 2.76. The monoisotopic (exact) mass is 262 g/mol. The van der Waals surface area contributed by atoms with Crippen molar-refractivity contribution in [3.05, 3.63) is 35.4 Å². The number of benzene rings is 1. The lowest BCUT2D eigenvalue weighted by atomic mass is 10.1. The van der Waals surface area contributed by atoms with Crippen molar-refractivity contribution in [3.63, 3.8) is 0 Å². The first-order chi connectivity index (χ1) is 9.06. The topological polar surface area (TPSA) is 43.8 Å². The maximum Gasteiger partial charge on any atom is 0.335 e. The number of likely N-dealkylation sites (tertiary alicyclic amines) is 1. The van der Waals surface area contributed by atoms with Crippen LogP contribution >= 0.6 is 0 Å². The summed E-state index contributed by atoms with van der Waals surface area (Å²) in [5.41, 5.74) is 1.55. The first-order valence-corrected chi connectivity index (χ1v) is 6.77. The molecular formula is C15H22N2O2. The summed E-state index contributed by atoms with van der Waals surface area (Å²) in [4.78, 5) is 15.5. The van der Waals surface area contributed by atoms with Gasteiger partial charge in [0.1, 0.15) is 0 Å². The molecule has 4 heteroatoms. The lowest BCUT2D eigenvalue weighted by molar-refractivity contribution is 0.0697. The fourth-order valence-corrected chi connectivity index (χ4v) is 2.72. The molecule has 104 valence electrons. The minimum Gasteiger partial charge on any atom is -0.478 e. The van der Waals surface area contributed by atoms with Gasteiger partial charge < -0.3 is 10.0 Å². The van der Waals surface area contributed by atoms with E-state index in [0.29, 0.717) is 11.6 Å². The van der Waals surface area contributed by atoms with Crippen LogP contribution in [0.15, 0.2) is 24.3 Å². The Bertz CT molecular complexity index is 428. The number of hydrogen-bond acceptors (Lipinski definition) is 3. The normalized spacial score (nSPS) is 20.1. The highest BCUT2D eigenvalue weighted by molar-refractivity contribution is 5.87. The van der Waals surface area contributed by atoms with Crippen molar-refractivity contribution in [2.24, 2.45) is 0 Å². The molecule has 1 atom stereocenters. The first kappa shape index (κ1) is 14.0. The number of carbonyl (C=O) groups is 1. The van der Waals surface area contributed by atoms with Crippen molar-refractivity contribution >= 4 is 5.97 Å². The zero-order valence-electron chi connectivity index (χ0n) is 11.7. The molecule has 0 bridgehead atoms. The highest BCUT2D eigenvalue weighted by Gasteiger charge is 2.24. The van der Waals surface area contributed by atoms with Gasteiger partial charge in [-0.25, -0.2) is 4.79 Å². The van der Waals surface area contributed by atoms with Crippen molar-refractivity contribution in [2.45, 2.75) is 25.4 Å². The van der Waals surface area contributed by atoms with Gasteiger partial charge >= 0.3 is 5.97 Å². The van der Waals surface area contributed by atoms with Crippen molar-refractivity contribution in [1.82, 2.24) is 9.80 Å². The second kappa shape index (κ2) is 6.17. The SMILES string of the molecule is CN(C)CC1CCCN1Cc1ccc(C(=O)O)cc1. The molecule has 1 fully saturated rings. The molecule has 1 aromatic carbocycles. The van der Waals surface area contributed by atoms with Gasteiger partial charge in [0.25, 0.3) is 0 Å². The van der Waals surface area contributed by atoms with Gasteiger partial charge in [0.2, 0.25) is 0 Å². The summed E-state index contributed by atoms with van der Waals surface area (Å²) in [7, 11) is 4.22. The second-order valence-electron chi connectivity index (χ2n) is 5.53. The Morgan fingerprint density at radius 2 is 2.05 bits per heavy atom. The maximum absolute atomic E-state index is 10.8. The molecule has 0 spiro atoms. The summed E-state index contributed by atoms with van der Waals surface area (Å²) in [5, 5.41) is 8.89. The van der Waals surface area contributed by atoms with Crippen LogP contribution in [0.1, 0.15) is 28.8 Å². The molecule has 19 heavy (non-hydrogen) atoms. The second-order valence-corrected chi connectivity index (χ2v) is 5.53. The van der Waals surface area contributed by atoms with Gasteiger partial charge in [-0.3, -0.25) is 4.90 Å². The zero-order chi connectivity index (χ0) is 13.8. The summed E-state index contributed by atoms with van der Waals surface area (Å²) in [5.74, 6) is -0.863. The van der Waals surface area contributed by atoms with Crippen LogP contribution in [-0.4, -0.2) is 54.1 Å². The van der Waals surface area contributed by atoms with E-state index in [1.807, 2.05) is 12.1 Å². The minimum absolute atomic E-state index is 0.356. The van der Waals surface area contributed by atoms with E-state index in [9.17, 15) is 4.79 Å². The van der Waals surface area contributed by atoms with Crippen molar-refractivity contribution in [2.75, 3.05) is 27.2 Å². The van der Waals surface area contributed by atoms with Crippen molar-refractivity contribution < 1.29 is 9.90 Å². The molecule has 1 saturated heterocycles. The molecule has 1 heterocycles. The number of carboxylic acids is 1. The van der Waals surface area contributed by atoms with E-state index in [0.717, 1.165) is 19.6 Å². The van der Waals surface area contributed by atoms with Gasteiger partial charge in [-0.2, -0.15) is 0 Å². The predicted octanol–water partition coefficient (Wildman–Crippen LogP) is 1.91. The number of carboxylic acid groups (broad SMARTS) is 1. The Morgan fingerprint density at radius 3 is 2.63 bits per heavy atom. The smallest absolute Gasteiger partial charge is 0.335 e. The molecule has 0 amide bonds. The number of nitrogens with zero attached hydrogens (tertiary/aromatic N) is 2. The lowest BCUT2D eigenvalue weighted by Gasteiger charge is -2.27. The van der Waals surface area contributed by atoms with E-state index in [2.05, 4.69) is 23.9 Å². The quantitative estimate of drug-likeness (QED) is 0.880. The summed E-state index contributed by atoms with van der Waals surface area (Å²) in [6.45, 7) is 3.14. The van der Waals surface area contributed by atoms with Crippen LogP contribution in [0.4, 0.5) is 0 Å². The fraction of sp³-hybridized carbons (Fsp3) is 0.533. The number of rotatable bonds is 5. The molecule has 4 nitrogen and oxygen atoms in total. The number of aromatic carboxylic acids is 1. The van der Waals surface area contributed by atoms with Gasteiger partial charge in [-0.15, -0.1) is 0 Å². The molecule has 0 radical (unpaired) electrons. The molecule has 0 aromatic heterocycles. The molecule has 1 aliphatic heterocycles. The Balaban J connectivity index is 1.98. The van der Waals surface area contributed by atoms with E-state index in [4.69, 9.17) is 5.11 Å². The van der Waals surface area contributed by atoms with Gasteiger partial charge in [0.15, 0.2) is 0 Å². The number of likely N-dealkylation sites (N-methyl/N-ethyl adjacent to an activating group) is 1. The van der Waals surface area contributed by atoms with Gasteiger partial charge in [-0.1, -0.05) is 12.1 Å². The van der Waals surface area contributed by atoms with Crippen LogP contribution in [0.3, 0.4) is 0 Å². The Hall–Kier alpha value is -1.39. The largest absolute Gasteiger partial charge is 0.478 e. The zero-order valence-corrected chi connectivity index (χ0v) is 11.7. The summed E-state index contributed by atoms with van der Waals surface area (Å²) >= 11 is 0. The summed E-state index contributed by atoms with van der Waals surface area (Å²) in [6.07, 6.45) is 2.51. The highest BCUT2D eigenvalue weighted by Crippen LogP contribution is 2.20. The minimum atomic E-state index is -0.863. The van der Waals surface area contributed by atoms with Crippen LogP contribution in [0.2, 0.25) is 0 Å².